The predicted octanol–water partition coefficient (Wildman–Crippen LogP) is 7.45. The van der Waals surface area contributed by atoms with Crippen molar-refractivity contribution in [2.24, 2.45) is 4.99 Å². The number of hydrogen-bond donors (Lipinski definition) is 0. The lowest BCUT2D eigenvalue weighted by atomic mass is 10.0. The first kappa shape index (κ1) is 23.9. The molecule has 0 amide bonds. The van der Waals surface area contributed by atoms with Crippen LogP contribution in [-0.4, -0.2) is 30.7 Å². The van der Waals surface area contributed by atoms with Crippen LogP contribution in [0.3, 0.4) is 0 Å². The monoisotopic (exact) mass is 432 g/mol. The summed E-state index contributed by atoms with van der Waals surface area (Å²) in [7, 11) is 0. The minimum atomic E-state index is 0.629. The minimum absolute atomic E-state index is 0.629. The van der Waals surface area contributed by atoms with Crippen LogP contribution < -0.4 is 0 Å². The van der Waals surface area contributed by atoms with E-state index in [0.717, 1.165) is 12.0 Å². The highest BCUT2D eigenvalue weighted by atomic mass is 35.5. The average molecular weight is 433 g/mol. The molecule has 0 aliphatic rings. The van der Waals surface area contributed by atoms with Gasteiger partial charge in [0.05, 0.1) is 11.6 Å². The molecule has 2 aromatic carbocycles. The van der Waals surface area contributed by atoms with Gasteiger partial charge in [-0.05, 0) is 75.0 Å². The lowest BCUT2D eigenvalue weighted by molar-refractivity contribution is 0.268. The van der Waals surface area contributed by atoms with E-state index in [1.54, 1.807) is 6.07 Å². The van der Waals surface area contributed by atoms with E-state index in [0.29, 0.717) is 16.6 Å². The number of unbranched alkanes of at least 4 members (excludes halogenated alkanes) is 2. The standard InChI is InChI=1S/C25H34Cl2N2/c1-3-15-29(16-4-2)17-7-5-6-8-21-9-11-22(12-10-21)19-28-20-23-13-14-24(26)18-25(23)27/h9-14,18,20H,3-8,15-17,19H2,1-2H3. The predicted molar refractivity (Wildman–Crippen MR) is 129 cm³/mol. The van der Waals surface area contributed by atoms with Crippen LogP contribution in [0.25, 0.3) is 0 Å². The first-order valence-corrected chi connectivity index (χ1v) is 11.6. The second-order valence-electron chi connectivity index (χ2n) is 7.60. The average Bonchev–Trinajstić information content (AvgIpc) is 2.71. The number of aryl methyl sites for hydroxylation is 1. The topological polar surface area (TPSA) is 15.6 Å². The summed E-state index contributed by atoms with van der Waals surface area (Å²) < 4.78 is 0. The number of aliphatic imine (C=N–C) groups is 1. The first-order chi connectivity index (χ1) is 14.1. The quantitative estimate of drug-likeness (QED) is 0.237. The van der Waals surface area contributed by atoms with Crippen LogP contribution >= 0.6 is 23.2 Å². The number of halogens is 2. The zero-order chi connectivity index (χ0) is 20.9. The summed E-state index contributed by atoms with van der Waals surface area (Å²) >= 11 is 12.1. The fraction of sp³-hybridized carbons (Fsp3) is 0.480. The summed E-state index contributed by atoms with van der Waals surface area (Å²) in [4.78, 5) is 7.11. The lowest BCUT2D eigenvalue weighted by Crippen LogP contribution is -2.26. The summed E-state index contributed by atoms with van der Waals surface area (Å²) in [6.45, 7) is 8.92. The maximum absolute atomic E-state index is 6.17. The third kappa shape index (κ3) is 9.33. The maximum Gasteiger partial charge on any atom is 0.0639 e. The van der Waals surface area contributed by atoms with E-state index in [4.69, 9.17) is 23.2 Å². The van der Waals surface area contributed by atoms with Crippen molar-refractivity contribution in [3.05, 3.63) is 69.2 Å². The van der Waals surface area contributed by atoms with Crippen LogP contribution in [-0.2, 0) is 13.0 Å². The normalized spacial score (nSPS) is 11.6. The molecule has 0 aromatic heterocycles. The van der Waals surface area contributed by atoms with Gasteiger partial charge < -0.3 is 4.90 Å². The molecule has 0 atom stereocenters. The van der Waals surface area contributed by atoms with Crippen molar-refractivity contribution in [2.75, 3.05) is 19.6 Å². The van der Waals surface area contributed by atoms with E-state index in [9.17, 15) is 0 Å². The van der Waals surface area contributed by atoms with Gasteiger partial charge in [0.25, 0.3) is 0 Å². The van der Waals surface area contributed by atoms with Crippen molar-refractivity contribution in [2.45, 2.75) is 58.9 Å². The SMILES string of the molecule is CCCN(CCC)CCCCCc1ccc(CN=Cc2ccc(Cl)cc2Cl)cc1. The molecule has 0 saturated heterocycles. The van der Waals surface area contributed by atoms with E-state index in [2.05, 4.69) is 48.0 Å². The van der Waals surface area contributed by atoms with E-state index in [1.807, 2.05) is 18.3 Å². The van der Waals surface area contributed by atoms with Gasteiger partial charge in [0, 0.05) is 16.8 Å². The van der Waals surface area contributed by atoms with Crippen LogP contribution in [0, 0.1) is 0 Å². The van der Waals surface area contributed by atoms with Crippen LogP contribution in [0.5, 0.6) is 0 Å². The molecule has 0 N–H and O–H groups in total. The molecule has 2 nitrogen and oxygen atoms in total. The van der Waals surface area contributed by atoms with Crippen LogP contribution in [0.4, 0.5) is 0 Å². The summed E-state index contributed by atoms with van der Waals surface area (Å²) in [5.41, 5.74) is 3.52. The van der Waals surface area contributed by atoms with E-state index in [1.165, 1.54) is 62.9 Å². The molecule has 0 bridgehead atoms. The highest BCUT2D eigenvalue weighted by Crippen LogP contribution is 2.19. The minimum Gasteiger partial charge on any atom is -0.303 e. The van der Waals surface area contributed by atoms with Gasteiger partial charge in [-0.2, -0.15) is 0 Å². The molecule has 0 unspecified atom stereocenters. The molecule has 158 valence electrons. The molecule has 29 heavy (non-hydrogen) atoms. The molecule has 4 heteroatoms. The van der Waals surface area contributed by atoms with Crippen LogP contribution in [0.1, 0.15) is 62.6 Å². The Morgan fingerprint density at radius 2 is 1.52 bits per heavy atom. The number of rotatable bonds is 13. The Bertz CT molecular complexity index is 735. The molecule has 0 spiro atoms. The number of hydrogen-bond acceptors (Lipinski definition) is 2. The third-order valence-corrected chi connectivity index (χ3v) is 5.57. The fourth-order valence-corrected chi connectivity index (χ4v) is 3.93. The Kier molecular flexibility index (Phi) is 11.4. The zero-order valence-electron chi connectivity index (χ0n) is 17.8. The highest BCUT2D eigenvalue weighted by molar-refractivity contribution is 6.36. The molecular weight excluding hydrogens is 399 g/mol. The van der Waals surface area contributed by atoms with Gasteiger partial charge in [-0.25, -0.2) is 0 Å². The first-order valence-electron chi connectivity index (χ1n) is 10.9. The smallest absolute Gasteiger partial charge is 0.0639 e. The lowest BCUT2D eigenvalue weighted by Gasteiger charge is -2.20. The van der Waals surface area contributed by atoms with Crippen molar-refractivity contribution in [1.82, 2.24) is 4.90 Å². The van der Waals surface area contributed by atoms with Crippen molar-refractivity contribution in [1.29, 1.82) is 0 Å². The van der Waals surface area contributed by atoms with E-state index < -0.39 is 0 Å². The molecule has 2 aromatic rings. The van der Waals surface area contributed by atoms with Crippen molar-refractivity contribution in [3.63, 3.8) is 0 Å². The second kappa shape index (κ2) is 13.8. The fourth-order valence-electron chi connectivity index (χ4n) is 3.48. The Morgan fingerprint density at radius 3 is 2.17 bits per heavy atom. The summed E-state index contributed by atoms with van der Waals surface area (Å²) in [5.74, 6) is 0. The third-order valence-electron chi connectivity index (χ3n) is 5.01. The zero-order valence-corrected chi connectivity index (χ0v) is 19.4. The van der Waals surface area contributed by atoms with Crippen LogP contribution in [0.2, 0.25) is 10.0 Å². The van der Waals surface area contributed by atoms with Gasteiger partial charge in [-0.3, -0.25) is 4.99 Å². The van der Waals surface area contributed by atoms with Gasteiger partial charge in [0.1, 0.15) is 0 Å². The van der Waals surface area contributed by atoms with E-state index in [-0.39, 0.29) is 0 Å². The molecule has 0 saturated carbocycles. The Hall–Kier alpha value is -1.35. The molecule has 0 aliphatic carbocycles. The van der Waals surface area contributed by atoms with Gasteiger partial charge >= 0.3 is 0 Å². The Balaban J connectivity index is 1.69. The summed E-state index contributed by atoms with van der Waals surface area (Å²) in [6.07, 6.45) is 9.35. The number of nitrogens with zero attached hydrogens (tertiary/aromatic N) is 2. The van der Waals surface area contributed by atoms with Crippen molar-refractivity contribution < 1.29 is 0 Å². The van der Waals surface area contributed by atoms with Crippen LogP contribution in [0.15, 0.2) is 47.5 Å². The molecule has 0 fully saturated rings. The summed E-state index contributed by atoms with van der Waals surface area (Å²) in [6, 6.07) is 14.3. The highest BCUT2D eigenvalue weighted by Gasteiger charge is 2.02. The van der Waals surface area contributed by atoms with Crippen molar-refractivity contribution >= 4 is 29.4 Å². The van der Waals surface area contributed by atoms with Gasteiger partial charge in [-0.1, -0.05) is 73.8 Å². The second-order valence-corrected chi connectivity index (χ2v) is 8.45. The molecule has 0 radical (unpaired) electrons. The molecular formula is C25H34Cl2N2. The summed E-state index contributed by atoms with van der Waals surface area (Å²) in [5, 5.41) is 1.27. The Labute approximate surface area is 186 Å². The van der Waals surface area contributed by atoms with Gasteiger partial charge in [0.2, 0.25) is 0 Å². The van der Waals surface area contributed by atoms with Gasteiger partial charge in [0.15, 0.2) is 0 Å². The largest absolute Gasteiger partial charge is 0.303 e. The molecule has 0 heterocycles. The number of benzene rings is 2. The maximum atomic E-state index is 6.17. The van der Waals surface area contributed by atoms with Crippen molar-refractivity contribution in [3.8, 4) is 0 Å². The Morgan fingerprint density at radius 1 is 0.828 bits per heavy atom. The van der Waals surface area contributed by atoms with Gasteiger partial charge in [-0.15, -0.1) is 0 Å². The molecule has 0 aliphatic heterocycles. The van der Waals surface area contributed by atoms with E-state index >= 15 is 0 Å². The molecule has 2 rings (SSSR count).